The topological polar surface area (TPSA) is 339 Å². The molecule has 0 aliphatic carbocycles. The summed E-state index contributed by atoms with van der Waals surface area (Å²) >= 11 is 1.39. The van der Waals surface area contributed by atoms with Crippen LogP contribution in [-0.4, -0.2) is 130 Å². The Labute approximate surface area is 331 Å². The molecule has 320 valence electrons. The Hall–Kier alpha value is -4.50. The van der Waals surface area contributed by atoms with E-state index in [9.17, 15) is 58.5 Å². The molecule has 0 radical (unpaired) electrons. The van der Waals surface area contributed by atoms with E-state index in [1.165, 1.54) is 11.8 Å². The quantitative estimate of drug-likeness (QED) is 0.0404. The third-order valence-corrected chi connectivity index (χ3v) is 9.43. The monoisotopic (exact) mass is 818 g/mol. The van der Waals surface area contributed by atoms with Gasteiger partial charge in [0.1, 0.15) is 36.3 Å². The zero-order valence-electron chi connectivity index (χ0n) is 33.2. The van der Waals surface area contributed by atoms with Gasteiger partial charge in [0.25, 0.3) is 0 Å². The number of aliphatic hydroxyl groups excluding tert-OH is 1. The van der Waals surface area contributed by atoms with Crippen molar-refractivity contribution in [2.24, 2.45) is 29.2 Å². The van der Waals surface area contributed by atoms with Crippen LogP contribution in [-0.2, 0) is 43.2 Å². The number of carbonyl (C=O) groups excluding carboxylic acids is 7. The Kier molecular flexibility index (Phi) is 24.3. The molecule has 0 fully saturated rings. The van der Waals surface area contributed by atoms with Gasteiger partial charge in [0, 0.05) is 12.8 Å². The summed E-state index contributed by atoms with van der Waals surface area (Å²) in [7, 11) is 0. The second-order valence-corrected chi connectivity index (χ2v) is 15.3. The molecule has 0 saturated heterocycles. The minimum absolute atomic E-state index is 0.0866. The molecule has 8 atom stereocenters. The summed E-state index contributed by atoms with van der Waals surface area (Å²) < 4.78 is 0. The van der Waals surface area contributed by atoms with Crippen LogP contribution >= 0.6 is 11.8 Å². The van der Waals surface area contributed by atoms with E-state index in [1.54, 1.807) is 47.8 Å². The van der Waals surface area contributed by atoms with Gasteiger partial charge in [0.2, 0.25) is 41.4 Å². The number of thioether (sulfide) groups is 1. The third-order valence-electron chi connectivity index (χ3n) is 8.79. The number of aliphatic carboxylic acids is 2. The lowest BCUT2D eigenvalue weighted by atomic mass is 9.96. The predicted molar refractivity (Wildman–Crippen MR) is 206 cm³/mol. The maximum Gasteiger partial charge on any atom is 0.326 e. The number of carboxylic acids is 2. The Morgan fingerprint density at radius 1 is 0.625 bits per heavy atom. The van der Waals surface area contributed by atoms with Gasteiger partial charge in [0.05, 0.1) is 12.6 Å². The number of hydrogen-bond donors (Lipinski definition) is 11. The van der Waals surface area contributed by atoms with Crippen molar-refractivity contribution < 1.29 is 58.5 Å². The maximum atomic E-state index is 13.8. The van der Waals surface area contributed by atoms with Crippen LogP contribution in [0.4, 0.5) is 0 Å². The van der Waals surface area contributed by atoms with Crippen LogP contribution in [0.1, 0.15) is 86.5 Å². The van der Waals surface area contributed by atoms with E-state index in [-0.39, 0.29) is 37.5 Å². The number of carboxylic acid groups (broad SMARTS) is 2. The number of nitrogens with one attached hydrogen (secondary N) is 6. The second kappa shape index (κ2) is 26.4. The van der Waals surface area contributed by atoms with Crippen molar-refractivity contribution in [3.05, 3.63) is 0 Å². The molecule has 21 heteroatoms. The molecule has 0 rings (SSSR count). The highest BCUT2D eigenvalue weighted by molar-refractivity contribution is 7.98. The average molecular weight is 819 g/mol. The van der Waals surface area contributed by atoms with Gasteiger partial charge in [-0.25, -0.2) is 4.79 Å². The lowest BCUT2D eigenvalue weighted by molar-refractivity contribution is -0.142. The molecule has 0 saturated carbocycles. The molecule has 0 aliphatic rings. The molecule has 0 bridgehead atoms. The first-order chi connectivity index (χ1) is 26.1. The number of carbonyl (C=O) groups is 9. The van der Waals surface area contributed by atoms with Gasteiger partial charge in [-0.2, -0.15) is 11.8 Å². The van der Waals surface area contributed by atoms with Gasteiger partial charge in [-0.15, -0.1) is 0 Å². The fraction of sp³-hybridized carbons (Fsp3) is 0.743. The van der Waals surface area contributed by atoms with E-state index in [4.69, 9.17) is 11.5 Å². The number of aliphatic hydroxyl groups is 1. The number of nitrogens with two attached hydrogens (primary N) is 2. The van der Waals surface area contributed by atoms with Crippen LogP contribution in [0.3, 0.4) is 0 Å². The van der Waals surface area contributed by atoms with E-state index in [2.05, 4.69) is 31.9 Å². The highest BCUT2D eigenvalue weighted by Crippen LogP contribution is 2.13. The van der Waals surface area contributed by atoms with Gasteiger partial charge in [-0.05, 0) is 55.4 Å². The molecule has 8 unspecified atom stereocenters. The van der Waals surface area contributed by atoms with Gasteiger partial charge in [0.15, 0.2) is 0 Å². The van der Waals surface area contributed by atoms with Gasteiger partial charge >= 0.3 is 11.9 Å². The van der Waals surface area contributed by atoms with Crippen LogP contribution in [0, 0.1) is 17.8 Å². The van der Waals surface area contributed by atoms with Crippen molar-refractivity contribution >= 4 is 65.1 Å². The predicted octanol–water partition coefficient (Wildman–Crippen LogP) is -2.07. The molecule has 7 amide bonds. The smallest absolute Gasteiger partial charge is 0.326 e. The van der Waals surface area contributed by atoms with E-state index >= 15 is 0 Å². The summed E-state index contributed by atoms with van der Waals surface area (Å²) in [5, 5.41) is 43.3. The largest absolute Gasteiger partial charge is 0.481 e. The van der Waals surface area contributed by atoms with Crippen molar-refractivity contribution in [1.29, 1.82) is 0 Å². The summed E-state index contributed by atoms with van der Waals surface area (Å²) in [5.41, 5.74) is 11.2. The summed E-state index contributed by atoms with van der Waals surface area (Å²) in [4.78, 5) is 115. The summed E-state index contributed by atoms with van der Waals surface area (Å²) in [6.45, 7) is 9.28. The summed E-state index contributed by atoms with van der Waals surface area (Å²) in [6.07, 6.45) is 0.541. The third kappa shape index (κ3) is 19.4. The highest BCUT2D eigenvalue weighted by Gasteiger charge is 2.35. The van der Waals surface area contributed by atoms with Crippen molar-refractivity contribution in [3.8, 4) is 0 Å². The lowest BCUT2D eigenvalue weighted by Crippen LogP contribution is -2.61. The molecule has 0 spiro atoms. The normalized spacial score (nSPS) is 15.5. The number of amides is 7. The van der Waals surface area contributed by atoms with Crippen LogP contribution < -0.4 is 43.4 Å². The van der Waals surface area contributed by atoms with Crippen LogP contribution in [0.2, 0.25) is 0 Å². The maximum absolute atomic E-state index is 13.8. The Morgan fingerprint density at radius 2 is 1.09 bits per heavy atom. The van der Waals surface area contributed by atoms with Crippen molar-refractivity contribution in [3.63, 3.8) is 0 Å². The van der Waals surface area contributed by atoms with Crippen molar-refractivity contribution in [2.45, 2.75) is 129 Å². The SMILES string of the molecule is CCC(C)C(NC(=O)C(CCC(=O)O)NC(=O)C(CO)NC(=O)C(N)C(C)C)C(=O)NC(CCC(N)=O)C(=O)NC(CC(C)C)C(=O)NC(CCSC)C(=O)O. The molecule has 20 nitrogen and oxygen atoms in total. The number of rotatable bonds is 28. The van der Waals surface area contributed by atoms with Gasteiger partial charge in [-0.3, -0.25) is 38.4 Å². The van der Waals surface area contributed by atoms with Gasteiger partial charge < -0.3 is 58.7 Å². The van der Waals surface area contributed by atoms with Crippen LogP contribution in [0.5, 0.6) is 0 Å². The molecular formula is C35H62N8O12S. The van der Waals surface area contributed by atoms with Crippen LogP contribution in [0.15, 0.2) is 0 Å². The second-order valence-electron chi connectivity index (χ2n) is 14.3. The van der Waals surface area contributed by atoms with E-state index in [0.29, 0.717) is 12.2 Å². The minimum atomic E-state index is -1.57. The molecule has 13 N–H and O–H groups in total. The van der Waals surface area contributed by atoms with Crippen LogP contribution in [0.25, 0.3) is 0 Å². The molecular weight excluding hydrogens is 756 g/mol. The zero-order chi connectivity index (χ0) is 43.3. The fourth-order valence-corrected chi connectivity index (χ4v) is 5.56. The number of hydrogen-bond acceptors (Lipinski definition) is 12. The molecule has 0 aliphatic heterocycles. The molecule has 0 heterocycles. The average Bonchev–Trinajstić information content (AvgIpc) is 3.12. The first-order valence-corrected chi connectivity index (χ1v) is 19.9. The molecule has 0 aromatic rings. The van der Waals surface area contributed by atoms with E-state index < -0.39 is 121 Å². The first kappa shape index (κ1) is 51.5. The lowest BCUT2D eigenvalue weighted by Gasteiger charge is -2.29. The molecule has 0 aromatic carbocycles. The Bertz CT molecular complexity index is 1370. The van der Waals surface area contributed by atoms with Crippen molar-refractivity contribution in [1.82, 2.24) is 31.9 Å². The molecule has 56 heavy (non-hydrogen) atoms. The highest BCUT2D eigenvalue weighted by atomic mass is 32.2. The molecule has 0 aromatic heterocycles. The minimum Gasteiger partial charge on any atom is -0.481 e. The zero-order valence-corrected chi connectivity index (χ0v) is 34.0. The fourth-order valence-electron chi connectivity index (χ4n) is 5.09. The van der Waals surface area contributed by atoms with Gasteiger partial charge in [-0.1, -0.05) is 48.0 Å². The Balaban J connectivity index is 6.40. The van der Waals surface area contributed by atoms with E-state index in [0.717, 1.165) is 0 Å². The standard InChI is InChI=1S/C35H62N8O12S/c1-8-19(6)28(43-30(49)21(10-12-26(46)47)38-32(51)24(16-44)42-33(52)27(37)18(4)5)34(53)39-20(9-11-25(36)45)29(48)41-23(15-17(2)3)31(50)40-22(35(54)55)13-14-56-7/h17-24,27-28,44H,8-16,37H2,1-7H3,(H2,36,45)(H,38,51)(H,39,53)(H,40,50)(H,41,48)(H,42,52)(H,43,49)(H,46,47)(H,54,55). The number of primary amides is 1. The Morgan fingerprint density at radius 3 is 1.55 bits per heavy atom. The summed E-state index contributed by atoms with van der Waals surface area (Å²) in [5.74, 6) is -9.39. The first-order valence-electron chi connectivity index (χ1n) is 18.5. The van der Waals surface area contributed by atoms with Crippen molar-refractivity contribution in [2.75, 3.05) is 18.6 Å². The summed E-state index contributed by atoms with van der Waals surface area (Å²) in [6, 6.07) is -9.47. The van der Waals surface area contributed by atoms with E-state index in [1.807, 2.05) is 0 Å².